The van der Waals surface area contributed by atoms with Crippen molar-refractivity contribution >= 4 is 46.3 Å². The number of aliphatic imine (C=N–C) groups is 1. The quantitative estimate of drug-likeness (QED) is 0.577. The van der Waals surface area contributed by atoms with Crippen LogP contribution in [0.4, 0.5) is 5.69 Å². The van der Waals surface area contributed by atoms with Crippen LogP contribution in [-0.4, -0.2) is 76.7 Å². The van der Waals surface area contributed by atoms with Gasteiger partial charge in [0.25, 0.3) is 11.8 Å². The third-order valence-corrected chi connectivity index (χ3v) is 6.76. The second-order valence-electron chi connectivity index (χ2n) is 7.86. The summed E-state index contributed by atoms with van der Waals surface area (Å²) in [6, 6.07) is 6.32. The number of anilines is 1. The van der Waals surface area contributed by atoms with Gasteiger partial charge in [0, 0.05) is 38.3 Å². The van der Waals surface area contributed by atoms with Gasteiger partial charge < -0.3 is 19.9 Å². The van der Waals surface area contributed by atoms with Crippen LogP contribution < -0.4 is 5.32 Å². The Hall–Kier alpha value is -2.88. The largest absolute Gasteiger partial charge is 0.452 e. The highest BCUT2D eigenvalue weighted by molar-refractivity contribution is 8.15. The first-order valence-electron chi connectivity index (χ1n) is 11.3. The summed E-state index contributed by atoms with van der Waals surface area (Å²) in [6.45, 7) is 6.53. The smallest absolute Gasteiger partial charge is 0.338 e. The number of amides is 3. The number of likely N-dealkylation sites (tertiary alicyclic amines) is 1. The molecule has 0 saturated carbocycles. The minimum atomic E-state index is -0.629. The number of carbonyl (C=O) groups is 4. The molecule has 0 radical (unpaired) electrons. The highest BCUT2D eigenvalue weighted by Crippen LogP contribution is 2.27. The standard InChI is InChI=1S/C23H30N4O5S/c1-3-26(4-2)23-25-21(30)18(33-23)14-19(28)24-17-10-8-9-16(13-17)22(31)32-15-20(29)27-11-6-5-7-12-27/h8-10,13,18H,3-7,11-12,14-15H2,1-2H3,(H,24,28). The number of rotatable bonds is 8. The minimum Gasteiger partial charge on any atom is -0.452 e. The lowest BCUT2D eigenvalue weighted by molar-refractivity contribution is -0.135. The lowest BCUT2D eigenvalue weighted by Gasteiger charge is -2.26. The Kier molecular flexibility index (Phi) is 8.87. The molecule has 3 rings (SSSR count). The van der Waals surface area contributed by atoms with Crippen LogP contribution in [0.25, 0.3) is 0 Å². The van der Waals surface area contributed by atoms with E-state index in [1.54, 1.807) is 23.1 Å². The van der Waals surface area contributed by atoms with E-state index < -0.39 is 11.2 Å². The molecular weight excluding hydrogens is 444 g/mol. The maximum atomic E-state index is 12.5. The van der Waals surface area contributed by atoms with E-state index in [2.05, 4.69) is 10.3 Å². The lowest BCUT2D eigenvalue weighted by Crippen LogP contribution is -2.38. The molecule has 0 bridgehead atoms. The summed E-state index contributed by atoms with van der Waals surface area (Å²) in [6.07, 6.45) is 3.03. The molecule has 1 saturated heterocycles. The Balaban J connectivity index is 1.50. The Labute approximate surface area is 197 Å². The van der Waals surface area contributed by atoms with Crippen molar-refractivity contribution in [1.29, 1.82) is 0 Å². The van der Waals surface area contributed by atoms with Crippen molar-refractivity contribution in [2.75, 3.05) is 38.1 Å². The molecule has 2 heterocycles. The maximum Gasteiger partial charge on any atom is 0.338 e. The molecule has 10 heteroatoms. The van der Waals surface area contributed by atoms with E-state index in [1.807, 2.05) is 18.7 Å². The average Bonchev–Trinajstić information content (AvgIpc) is 3.18. The van der Waals surface area contributed by atoms with Gasteiger partial charge >= 0.3 is 5.97 Å². The van der Waals surface area contributed by atoms with Gasteiger partial charge in [0.2, 0.25) is 5.91 Å². The van der Waals surface area contributed by atoms with Crippen molar-refractivity contribution in [3.05, 3.63) is 29.8 Å². The van der Waals surface area contributed by atoms with Gasteiger partial charge in [-0.2, -0.15) is 4.99 Å². The van der Waals surface area contributed by atoms with Crippen molar-refractivity contribution in [3.8, 4) is 0 Å². The topological polar surface area (TPSA) is 108 Å². The number of piperidine rings is 1. The number of ether oxygens (including phenoxy) is 1. The predicted molar refractivity (Wildman–Crippen MR) is 127 cm³/mol. The van der Waals surface area contributed by atoms with Crippen LogP contribution in [0.5, 0.6) is 0 Å². The third kappa shape index (κ3) is 6.80. The third-order valence-electron chi connectivity index (χ3n) is 5.55. The highest BCUT2D eigenvalue weighted by Gasteiger charge is 2.32. The van der Waals surface area contributed by atoms with Crippen LogP contribution in [0.1, 0.15) is 49.9 Å². The molecule has 2 aliphatic heterocycles. The van der Waals surface area contributed by atoms with Gasteiger partial charge in [-0.1, -0.05) is 17.8 Å². The normalized spacial score (nSPS) is 18.0. The zero-order valence-corrected chi connectivity index (χ0v) is 19.9. The lowest BCUT2D eigenvalue weighted by atomic mass is 10.1. The molecule has 0 aromatic heterocycles. The van der Waals surface area contributed by atoms with Crippen molar-refractivity contribution in [2.24, 2.45) is 4.99 Å². The van der Waals surface area contributed by atoms with Crippen molar-refractivity contribution in [1.82, 2.24) is 9.80 Å². The molecule has 3 amide bonds. The number of esters is 1. The summed E-state index contributed by atoms with van der Waals surface area (Å²) in [5.74, 6) is -1.48. The Morgan fingerprint density at radius 1 is 1.18 bits per heavy atom. The fraction of sp³-hybridized carbons (Fsp3) is 0.522. The molecule has 33 heavy (non-hydrogen) atoms. The van der Waals surface area contributed by atoms with Crippen LogP contribution in [0.15, 0.2) is 29.3 Å². The Morgan fingerprint density at radius 2 is 1.91 bits per heavy atom. The van der Waals surface area contributed by atoms with Gasteiger partial charge in [-0.25, -0.2) is 4.79 Å². The van der Waals surface area contributed by atoms with E-state index in [-0.39, 0.29) is 36.3 Å². The van der Waals surface area contributed by atoms with E-state index in [4.69, 9.17) is 4.74 Å². The zero-order valence-electron chi connectivity index (χ0n) is 19.0. The first-order chi connectivity index (χ1) is 15.9. The van der Waals surface area contributed by atoms with Gasteiger partial charge in [0.05, 0.1) is 5.56 Å². The number of thioether (sulfide) groups is 1. The first kappa shape index (κ1) is 24.8. The van der Waals surface area contributed by atoms with E-state index in [1.165, 1.54) is 17.8 Å². The molecule has 1 N–H and O–H groups in total. The summed E-state index contributed by atoms with van der Waals surface area (Å²) in [7, 11) is 0. The maximum absolute atomic E-state index is 12.5. The van der Waals surface area contributed by atoms with E-state index in [0.29, 0.717) is 23.9 Å². The summed E-state index contributed by atoms with van der Waals surface area (Å²) in [4.78, 5) is 57.0. The first-order valence-corrected chi connectivity index (χ1v) is 12.2. The van der Waals surface area contributed by atoms with Crippen molar-refractivity contribution < 1.29 is 23.9 Å². The van der Waals surface area contributed by atoms with Crippen LogP contribution >= 0.6 is 11.8 Å². The number of carbonyl (C=O) groups excluding carboxylic acids is 4. The van der Waals surface area contributed by atoms with Crippen molar-refractivity contribution in [3.63, 3.8) is 0 Å². The van der Waals surface area contributed by atoms with E-state index >= 15 is 0 Å². The number of nitrogens with one attached hydrogen (secondary N) is 1. The number of benzene rings is 1. The Morgan fingerprint density at radius 3 is 2.61 bits per heavy atom. The molecule has 0 aliphatic carbocycles. The minimum absolute atomic E-state index is 0.0171. The number of amidine groups is 1. The molecule has 1 aromatic carbocycles. The summed E-state index contributed by atoms with van der Waals surface area (Å²) in [5.41, 5.74) is 0.648. The molecular formula is C23H30N4O5S. The van der Waals surface area contributed by atoms with Gasteiger partial charge in [0.1, 0.15) is 5.25 Å². The fourth-order valence-electron chi connectivity index (χ4n) is 3.69. The molecule has 1 unspecified atom stereocenters. The van der Waals surface area contributed by atoms with Crippen LogP contribution in [-0.2, 0) is 19.1 Å². The van der Waals surface area contributed by atoms with Crippen LogP contribution in [0, 0.1) is 0 Å². The molecule has 1 fully saturated rings. The summed E-state index contributed by atoms with van der Waals surface area (Å²) in [5, 5.41) is 2.81. The second-order valence-corrected chi connectivity index (χ2v) is 9.03. The summed E-state index contributed by atoms with van der Waals surface area (Å²) < 4.78 is 5.17. The Bertz CT molecular complexity index is 925. The van der Waals surface area contributed by atoms with Gasteiger partial charge in [-0.3, -0.25) is 14.4 Å². The second kappa shape index (κ2) is 11.8. The van der Waals surface area contributed by atoms with E-state index in [0.717, 1.165) is 32.4 Å². The SMILES string of the molecule is CCN(CC)C1=NC(=O)C(CC(=O)Nc2cccc(C(=O)OCC(=O)N3CCCCC3)c2)S1. The van der Waals surface area contributed by atoms with Gasteiger partial charge in [0.15, 0.2) is 11.8 Å². The molecule has 1 aromatic rings. The highest BCUT2D eigenvalue weighted by atomic mass is 32.2. The van der Waals surface area contributed by atoms with Gasteiger partial charge in [-0.05, 0) is 51.3 Å². The summed E-state index contributed by atoms with van der Waals surface area (Å²) >= 11 is 1.30. The number of hydrogen-bond acceptors (Lipinski definition) is 7. The molecule has 2 aliphatic rings. The van der Waals surface area contributed by atoms with Crippen molar-refractivity contribution in [2.45, 2.75) is 44.8 Å². The van der Waals surface area contributed by atoms with E-state index in [9.17, 15) is 19.2 Å². The van der Waals surface area contributed by atoms with Crippen LogP contribution in [0.3, 0.4) is 0 Å². The molecule has 0 spiro atoms. The predicted octanol–water partition coefficient (Wildman–Crippen LogP) is 2.52. The zero-order chi connectivity index (χ0) is 23.8. The molecule has 1 atom stereocenters. The number of hydrogen-bond donors (Lipinski definition) is 1. The fourth-order valence-corrected chi connectivity index (χ4v) is 4.88. The van der Waals surface area contributed by atoms with Crippen LogP contribution in [0.2, 0.25) is 0 Å². The average molecular weight is 475 g/mol. The monoisotopic (exact) mass is 474 g/mol. The molecule has 178 valence electrons. The van der Waals surface area contributed by atoms with Gasteiger partial charge in [-0.15, -0.1) is 0 Å². The molecule has 9 nitrogen and oxygen atoms in total. The number of nitrogens with zero attached hydrogens (tertiary/aromatic N) is 3.